The van der Waals surface area contributed by atoms with Crippen molar-refractivity contribution < 1.29 is 14.9 Å². The average molecular weight is 295 g/mol. The molecule has 0 amide bonds. The predicted octanol–water partition coefficient (Wildman–Crippen LogP) is 2.27. The van der Waals surface area contributed by atoms with Gasteiger partial charge in [0.1, 0.15) is 0 Å². The monoisotopic (exact) mass is 295 g/mol. The van der Waals surface area contributed by atoms with Crippen LogP contribution in [0, 0.1) is 0 Å². The van der Waals surface area contributed by atoms with Gasteiger partial charge in [0.15, 0.2) is 0 Å². The van der Waals surface area contributed by atoms with Gasteiger partial charge in [-0.25, -0.2) is 0 Å². The highest BCUT2D eigenvalue weighted by Crippen LogP contribution is 2.15. The van der Waals surface area contributed by atoms with Crippen LogP contribution in [0.2, 0.25) is 0 Å². The minimum Gasteiger partial charge on any atom is -0.396 e. The normalized spacial score (nSPS) is 14.0. The number of rotatable bonds is 12. The van der Waals surface area contributed by atoms with Gasteiger partial charge in [0.2, 0.25) is 0 Å². The number of hydrogen-bond donors (Lipinski definition) is 3. The zero-order chi connectivity index (χ0) is 15.3. The van der Waals surface area contributed by atoms with Crippen molar-refractivity contribution in [2.24, 2.45) is 0 Å². The van der Waals surface area contributed by atoms with Crippen molar-refractivity contribution in [2.75, 3.05) is 26.3 Å². The third kappa shape index (κ3) is 8.83. The first-order valence-electron chi connectivity index (χ1n) is 7.90. The van der Waals surface area contributed by atoms with E-state index in [0.29, 0.717) is 13.2 Å². The van der Waals surface area contributed by atoms with Gasteiger partial charge in [0.25, 0.3) is 0 Å². The van der Waals surface area contributed by atoms with Crippen molar-refractivity contribution in [3.8, 4) is 0 Å². The van der Waals surface area contributed by atoms with Crippen molar-refractivity contribution in [1.29, 1.82) is 0 Å². The number of unbranched alkanes of at least 4 members (excludes halogenated alkanes) is 3. The molecule has 120 valence electrons. The number of nitrogens with one attached hydrogen (secondary N) is 1. The van der Waals surface area contributed by atoms with Crippen molar-refractivity contribution in [2.45, 2.75) is 44.8 Å². The minimum absolute atomic E-state index is 0.000619. The molecule has 1 aromatic carbocycles. The molecule has 0 heterocycles. The van der Waals surface area contributed by atoms with Gasteiger partial charge in [-0.2, -0.15) is 0 Å². The Morgan fingerprint density at radius 2 is 1.81 bits per heavy atom. The van der Waals surface area contributed by atoms with Crippen LogP contribution in [0.25, 0.3) is 0 Å². The zero-order valence-corrected chi connectivity index (χ0v) is 13.0. The maximum Gasteiger partial charge on any atom is 0.0897 e. The number of hydrogen-bond acceptors (Lipinski definition) is 4. The predicted molar refractivity (Wildman–Crippen MR) is 85.2 cm³/mol. The number of aliphatic hydroxyl groups excluding tert-OH is 2. The summed E-state index contributed by atoms with van der Waals surface area (Å²) in [5, 5.41) is 21.8. The third-order valence-electron chi connectivity index (χ3n) is 3.45. The summed E-state index contributed by atoms with van der Waals surface area (Å²) < 4.78 is 5.68. The van der Waals surface area contributed by atoms with Gasteiger partial charge < -0.3 is 20.3 Å². The lowest BCUT2D eigenvalue weighted by Gasteiger charge is -2.17. The minimum atomic E-state index is -0.478. The highest BCUT2D eigenvalue weighted by Gasteiger charge is 2.09. The molecule has 0 aliphatic carbocycles. The quantitative estimate of drug-likeness (QED) is 0.518. The largest absolute Gasteiger partial charge is 0.396 e. The summed E-state index contributed by atoms with van der Waals surface area (Å²) in [6.07, 6.45) is 3.67. The van der Waals surface area contributed by atoms with E-state index in [-0.39, 0.29) is 12.7 Å². The Morgan fingerprint density at radius 3 is 2.52 bits per heavy atom. The lowest BCUT2D eigenvalue weighted by atomic mass is 10.1. The molecule has 0 aliphatic heterocycles. The average Bonchev–Trinajstić information content (AvgIpc) is 2.52. The molecule has 0 saturated heterocycles. The summed E-state index contributed by atoms with van der Waals surface area (Å²) in [4.78, 5) is 0. The van der Waals surface area contributed by atoms with E-state index in [1.807, 2.05) is 37.3 Å². The van der Waals surface area contributed by atoms with Gasteiger partial charge >= 0.3 is 0 Å². The Kier molecular flexibility index (Phi) is 10.1. The standard InChI is InChI=1S/C17H29NO3/c1-15(16-9-5-4-6-10-16)21-14-17(20)13-18-11-7-2-3-8-12-19/h4-6,9-10,15,17-20H,2-3,7-8,11-14H2,1H3. The van der Waals surface area contributed by atoms with Gasteiger partial charge in [0.05, 0.1) is 18.8 Å². The first-order valence-corrected chi connectivity index (χ1v) is 7.90. The summed E-state index contributed by atoms with van der Waals surface area (Å²) in [5.41, 5.74) is 1.13. The van der Waals surface area contributed by atoms with Crippen LogP contribution >= 0.6 is 0 Å². The van der Waals surface area contributed by atoms with Gasteiger partial charge in [-0.15, -0.1) is 0 Å². The first-order chi connectivity index (χ1) is 10.2. The van der Waals surface area contributed by atoms with Crippen LogP contribution < -0.4 is 5.32 Å². The molecular formula is C17H29NO3. The van der Waals surface area contributed by atoms with Gasteiger partial charge in [-0.3, -0.25) is 0 Å². The number of aliphatic hydroxyl groups is 2. The molecule has 0 saturated carbocycles. The lowest BCUT2D eigenvalue weighted by Crippen LogP contribution is -2.31. The SMILES string of the molecule is CC(OCC(O)CNCCCCCCO)c1ccccc1. The molecule has 0 radical (unpaired) electrons. The van der Waals surface area contributed by atoms with E-state index >= 15 is 0 Å². The summed E-state index contributed by atoms with van der Waals surface area (Å²) in [7, 11) is 0. The van der Waals surface area contributed by atoms with Crippen LogP contribution in [-0.2, 0) is 4.74 Å². The molecule has 0 spiro atoms. The van der Waals surface area contributed by atoms with Crippen LogP contribution in [0.1, 0.15) is 44.3 Å². The maximum absolute atomic E-state index is 9.87. The highest BCUT2D eigenvalue weighted by molar-refractivity contribution is 5.16. The van der Waals surface area contributed by atoms with E-state index in [4.69, 9.17) is 9.84 Å². The number of benzene rings is 1. The van der Waals surface area contributed by atoms with E-state index < -0.39 is 6.10 Å². The summed E-state index contributed by atoms with van der Waals surface area (Å²) >= 11 is 0. The van der Waals surface area contributed by atoms with Gasteiger partial charge in [-0.1, -0.05) is 43.2 Å². The molecule has 2 atom stereocenters. The van der Waals surface area contributed by atoms with E-state index in [0.717, 1.165) is 37.8 Å². The fraction of sp³-hybridized carbons (Fsp3) is 0.647. The van der Waals surface area contributed by atoms with Crippen molar-refractivity contribution in [1.82, 2.24) is 5.32 Å². The van der Waals surface area contributed by atoms with Gasteiger partial charge in [0, 0.05) is 13.2 Å². The Morgan fingerprint density at radius 1 is 1.10 bits per heavy atom. The van der Waals surface area contributed by atoms with E-state index in [2.05, 4.69) is 5.32 Å². The van der Waals surface area contributed by atoms with Gasteiger partial charge in [-0.05, 0) is 31.9 Å². The number of ether oxygens (including phenoxy) is 1. The van der Waals surface area contributed by atoms with Crippen LogP contribution in [0.15, 0.2) is 30.3 Å². The first kappa shape index (κ1) is 18.1. The Hall–Kier alpha value is -0.940. The topological polar surface area (TPSA) is 61.7 Å². The Labute approximate surface area is 128 Å². The molecule has 3 N–H and O–H groups in total. The molecule has 0 fully saturated rings. The smallest absolute Gasteiger partial charge is 0.0897 e. The molecule has 0 aliphatic rings. The Balaban J connectivity index is 2.02. The summed E-state index contributed by atoms with van der Waals surface area (Å²) in [5.74, 6) is 0. The fourth-order valence-corrected chi connectivity index (χ4v) is 2.12. The van der Waals surface area contributed by atoms with Crippen LogP contribution in [0.4, 0.5) is 0 Å². The second kappa shape index (κ2) is 11.7. The maximum atomic E-state index is 9.87. The summed E-state index contributed by atoms with van der Waals surface area (Å²) in [6, 6.07) is 10.0. The van der Waals surface area contributed by atoms with E-state index in [1.54, 1.807) is 0 Å². The van der Waals surface area contributed by atoms with Crippen molar-refractivity contribution in [3.05, 3.63) is 35.9 Å². The van der Waals surface area contributed by atoms with E-state index in [1.165, 1.54) is 0 Å². The second-order valence-corrected chi connectivity index (χ2v) is 5.38. The zero-order valence-electron chi connectivity index (χ0n) is 13.0. The molecule has 2 unspecified atom stereocenters. The van der Waals surface area contributed by atoms with Crippen molar-refractivity contribution in [3.63, 3.8) is 0 Å². The highest BCUT2D eigenvalue weighted by atomic mass is 16.5. The molecule has 1 aromatic rings. The summed E-state index contributed by atoms with van der Waals surface area (Å²) in [6.45, 7) is 4.07. The molecule has 0 aromatic heterocycles. The molecule has 0 bridgehead atoms. The lowest BCUT2D eigenvalue weighted by molar-refractivity contribution is -0.00197. The van der Waals surface area contributed by atoms with Crippen molar-refractivity contribution >= 4 is 0 Å². The fourth-order valence-electron chi connectivity index (χ4n) is 2.12. The molecule has 4 heteroatoms. The second-order valence-electron chi connectivity index (χ2n) is 5.38. The Bertz CT molecular complexity index is 345. The molecule has 21 heavy (non-hydrogen) atoms. The third-order valence-corrected chi connectivity index (χ3v) is 3.45. The molecule has 1 rings (SSSR count). The van der Waals surface area contributed by atoms with Crippen LogP contribution in [-0.4, -0.2) is 42.6 Å². The van der Waals surface area contributed by atoms with Crippen LogP contribution in [0.5, 0.6) is 0 Å². The molecule has 4 nitrogen and oxygen atoms in total. The van der Waals surface area contributed by atoms with E-state index in [9.17, 15) is 5.11 Å². The van der Waals surface area contributed by atoms with Crippen LogP contribution in [0.3, 0.4) is 0 Å². The molecular weight excluding hydrogens is 266 g/mol.